The van der Waals surface area contributed by atoms with Gasteiger partial charge in [0, 0.05) is 28.6 Å². The summed E-state index contributed by atoms with van der Waals surface area (Å²) in [6.45, 7) is 2.71. The number of aryl methyl sites for hydroxylation is 1. The Hall–Kier alpha value is -1.68. The topological polar surface area (TPSA) is 33.2 Å². The first kappa shape index (κ1) is 13.3. The number of pyridine rings is 1. The fourth-order valence-corrected chi connectivity index (χ4v) is 2.83. The molecule has 0 atom stereocenters. The number of anilines is 1. The average molecular weight is 331 g/mol. The second-order valence-electron chi connectivity index (χ2n) is 5.05. The number of halogens is 1. The number of rotatable bonds is 2. The summed E-state index contributed by atoms with van der Waals surface area (Å²) in [5.41, 5.74) is 4.20. The Balaban J connectivity index is 1.80. The molecular weight excluding hydrogens is 316 g/mol. The number of hydrogen-bond donors (Lipinski definition) is 0. The minimum atomic E-state index is 0.132. The van der Waals surface area contributed by atoms with Crippen molar-refractivity contribution in [1.82, 2.24) is 4.98 Å². The van der Waals surface area contributed by atoms with E-state index in [2.05, 4.69) is 27.0 Å². The first-order valence-electron chi connectivity index (χ1n) is 6.64. The largest absolute Gasteiger partial charge is 0.311 e. The van der Waals surface area contributed by atoms with Gasteiger partial charge in [0.2, 0.25) is 5.91 Å². The van der Waals surface area contributed by atoms with Crippen LogP contribution in [0, 0.1) is 6.92 Å². The van der Waals surface area contributed by atoms with Crippen LogP contribution in [0.1, 0.15) is 16.8 Å². The van der Waals surface area contributed by atoms with Gasteiger partial charge in [-0.25, -0.2) is 0 Å². The number of fused-ring (bicyclic) bond motifs is 1. The molecule has 0 aliphatic carbocycles. The fraction of sp³-hybridized carbons (Fsp3) is 0.250. The van der Waals surface area contributed by atoms with E-state index in [0.29, 0.717) is 6.42 Å². The highest BCUT2D eigenvalue weighted by molar-refractivity contribution is 9.10. The van der Waals surface area contributed by atoms with E-state index in [9.17, 15) is 4.79 Å². The number of amides is 1. The van der Waals surface area contributed by atoms with Gasteiger partial charge in [0.25, 0.3) is 0 Å². The summed E-state index contributed by atoms with van der Waals surface area (Å²) >= 11 is 3.47. The van der Waals surface area contributed by atoms with Gasteiger partial charge >= 0.3 is 0 Å². The van der Waals surface area contributed by atoms with Crippen LogP contribution >= 0.6 is 15.9 Å². The molecule has 2 heterocycles. The first-order chi connectivity index (χ1) is 9.63. The Kier molecular flexibility index (Phi) is 3.57. The van der Waals surface area contributed by atoms with Crippen LogP contribution in [-0.2, 0) is 17.6 Å². The summed E-state index contributed by atoms with van der Waals surface area (Å²) in [6, 6.07) is 10.0. The molecule has 0 bridgehead atoms. The van der Waals surface area contributed by atoms with E-state index >= 15 is 0 Å². The Morgan fingerprint density at radius 2 is 2.20 bits per heavy atom. The van der Waals surface area contributed by atoms with E-state index < -0.39 is 0 Å². The van der Waals surface area contributed by atoms with Crippen LogP contribution in [0.3, 0.4) is 0 Å². The highest BCUT2D eigenvalue weighted by atomic mass is 79.9. The summed E-state index contributed by atoms with van der Waals surface area (Å²) in [6.07, 6.45) is 3.12. The summed E-state index contributed by atoms with van der Waals surface area (Å²) in [5, 5.41) is 0. The summed E-state index contributed by atoms with van der Waals surface area (Å²) in [4.78, 5) is 18.6. The number of carbonyl (C=O) groups excluding carboxylic acids is 1. The van der Waals surface area contributed by atoms with Crippen LogP contribution in [0.2, 0.25) is 0 Å². The average Bonchev–Trinajstić information content (AvgIpc) is 2.84. The highest BCUT2D eigenvalue weighted by Crippen LogP contribution is 2.31. The molecule has 20 heavy (non-hydrogen) atoms. The lowest BCUT2D eigenvalue weighted by atomic mass is 10.1. The van der Waals surface area contributed by atoms with Gasteiger partial charge in [-0.05, 0) is 42.7 Å². The summed E-state index contributed by atoms with van der Waals surface area (Å²) < 4.78 is 1.01. The molecule has 0 saturated heterocycles. The minimum Gasteiger partial charge on any atom is -0.311 e. The van der Waals surface area contributed by atoms with Crippen LogP contribution in [0.4, 0.5) is 5.69 Å². The van der Waals surface area contributed by atoms with Crippen LogP contribution in [0.5, 0.6) is 0 Å². The maximum absolute atomic E-state index is 12.5. The summed E-state index contributed by atoms with van der Waals surface area (Å²) in [7, 11) is 0. The van der Waals surface area contributed by atoms with Gasteiger partial charge in [0.05, 0.1) is 6.42 Å². The Morgan fingerprint density at radius 3 is 2.95 bits per heavy atom. The third-order valence-corrected chi connectivity index (χ3v) is 4.07. The second-order valence-corrected chi connectivity index (χ2v) is 5.97. The van der Waals surface area contributed by atoms with Crippen molar-refractivity contribution >= 4 is 27.5 Å². The molecule has 1 amide bonds. The molecule has 1 aromatic carbocycles. The fourth-order valence-electron chi connectivity index (χ4n) is 2.48. The lowest BCUT2D eigenvalue weighted by Gasteiger charge is -2.17. The van der Waals surface area contributed by atoms with E-state index in [0.717, 1.165) is 34.4 Å². The van der Waals surface area contributed by atoms with E-state index in [1.807, 2.05) is 36.1 Å². The number of hydrogen-bond acceptors (Lipinski definition) is 2. The van der Waals surface area contributed by atoms with E-state index in [1.165, 1.54) is 5.56 Å². The van der Waals surface area contributed by atoms with Crippen molar-refractivity contribution in [2.75, 3.05) is 11.4 Å². The molecule has 1 aromatic heterocycles. The van der Waals surface area contributed by atoms with Crippen molar-refractivity contribution in [3.63, 3.8) is 0 Å². The van der Waals surface area contributed by atoms with Crippen molar-refractivity contribution in [3.8, 4) is 0 Å². The Labute approximate surface area is 126 Å². The van der Waals surface area contributed by atoms with E-state index in [4.69, 9.17) is 0 Å². The Bertz CT molecular complexity index is 652. The van der Waals surface area contributed by atoms with Crippen molar-refractivity contribution in [1.29, 1.82) is 0 Å². The predicted octanol–water partition coefficient (Wildman–Crippen LogP) is 3.28. The maximum atomic E-state index is 12.5. The van der Waals surface area contributed by atoms with Gasteiger partial charge < -0.3 is 4.90 Å². The van der Waals surface area contributed by atoms with Gasteiger partial charge in [-0.15, -0.1) is 0 Å². The normalized spacial score (nSPS) is 13.4. The van der Waals surface area contributed by atoms with Crippen molar-refractivity contribution in [2.24, 2.45) is 0 Å². The third-order valence-electron chi connectivity index (χ3n) is 3.57. The number of benzene rings is 1. The predicted molar refractivity (Wildman–Crippen MR) is 82.9 cm³/mol. The SMILES string of the molecule is Cc1ccc(CC(=O)N2CCc3ccc(Br)cc32)cn1. The molecule has 0 N–H and O–H groups in total. The molecule has 3 nitrogen and oxygen atoms in total. The molecule has 3 rings (SSSR count). The van der Waals surface area contributed by atoms with Crippen molar-refractivity contribution in [2.45, 2.75) is 19.8 Å². The zero-order valence-electron chi connectivity index (χ0n) is 11.3. The third kappa shape index (κ3) is 2.61. The molecule has 0 saturated carbocycles. The molecule has 0 spiro atoms. The smallest absolute Gasteiger partial charge is 0.231 e. The summed E-state index contributed by atoms with van der Waals surface area (Å²) in [5.74, 6) is 0.132. The quantitative estimate of drug-likeness (QED) is 0.846. The molecule has 2 aromatic rings. The zero-order chi connectivity index (χ0) is 14.1. The van der Waals surface area contributed by atoms with Crippen LogP contribution in [0.15, 0.2) is 41.0 Å². The molecular formula is C16H15BrN2O. The van der Waals surface area contributed by atoms with Gasteiger partial charge in [-0.3, -0.25) is 9.78 Å². The first-order valence-corrected chi connectivity index (χ1v) is 7.43. The lowest BCUT2D eigenvalue weighted by molar-refractivity contribution is -0.117. The van der Waals surface area contributed by atoms with Gasteiger partial charge in [-0.1, -0.05) is 28.1 Å². The van der Waals surface area contributed by atoms with Gasteiger partial charge in [-0.2, -0.15) is 0 Å². The molecule has 0 fully saturated rings. The number of carbonyl (C=O) groups is 1. The van der Waals surface area contributed by atoms with E-state index in [-0.39, 0.29) is 5.91 Å². The second kappa shape index (κ2) is 5.37. The zero-order valence-corrected chi connectivity index (χ0v) is 12.9. The number of nitrogens with zero attached hydrogens (tertiary/aromatic N) is 2. The Morgan fingerprint density at radius 1 is 1.35 bits per heavy atom. The van der Waals surface area contributed by atoms with Crippen LogP contribution < -0.4 is 4.90 Å². The van der Waals surface area contributed by atoms with Crippen molar-refractivity contribution in [3.05, 3.63) is 57.8 Å². The van der Waals surface area contributed by atoms with Crippen LogP contribution in [-0.4, -0.2) is 17.4 Å². The number of aromatic nitrogens is 1. The monoisotopic (exact) mass is 330 g/mol. The minimum absolute atomic E-state index is 0.132. The lowest BCUT2D eigenvalue weighted by Crippen LogP contribution is -2.30. The molecule has 1 aliphatic rings. The standard InChI is InChI=1S/C16H15BrN2O/c1-11-2-3-12(10-18-11)8-16(20)19-7-6-13-4-5-14(17)9-15(13)19/h2-5,9-10H,6-8H2,1H3. The maximum Gasteiger partial charge on any atom is 0.231 e. The molecule has 1 aliphatic heterocycles. The van der Waals surface area contributed by atoms with E-state index in [1.54, 1.807) is 6.20 Å². The van der Waals surface area contributed by atoms with Crippen molar-refractivity contribution < 1.29 is 4.79 Å². The molecule has 0 radical (unpaired) electrons. The van der Waals surface area contributed by atoms with Crippen LogP contribution in [0.25, 0.3) is 0 Å². The van der Waals surface area contributed by atoms with Gasteiger partial charge in [0.15, 0.2) is 0 Å². The molecule has 4 heteroatoms. The molecule has 102 valence electrons. The van der Waals surface area contributed by atoms with Gasteiger partial charge in [0.1, 0.15) is 0 Å². The highest BCUT2D eigenvalue weighted by Gasteiger charge is 2.24. The molecule has 0 unspecified atom stereocenters.